The number of aromatic nitrogens is 24. The van der Waals surface area contributed by atoms with E-state index in [1.54, 1.807) is 112 Å². The number of carboxylic acid groups (broad SMARTS) is 2. The lowest BCUT2D eigenvalue weighted by Crippen LogP contribution is -2.39. The van der Waals surface area contributed by atoms with Crippen LogP contribution in [0, 0.1) is 0 Å². The van der Waals surface area contributed by atoms with Gasteiger partial charge in [0.15, 0.2) is 67.0 Å². The lowest BCUT2D eigenvalue weighted by molar-refractivity contribution is -0.138. The van der Waals surface area contributed by atoms with E-state index in [0.29, 0.717) is 157 Å². The van der Waals surface area contributed by atoms with Crippen LogP contribution >= 0.6 is 0 Å². The molecule has 0 radical (unpaired) electrons. The normalized spacial score (nSPS) is 12.3. The summed E-state index contributed by atoms with van der Waals surface area (Å²) in [4.78, 5) is 203. The number of fused-ring (bicyclic) bond motifs is 6. The van der Waals surface area contributed by atoms with Gasteiger partial charge in [-0.1, -0.05) is 0 Å². The van der Waals surface area contributed by atoms with Gasteiger partial charge in [0.25, 0.3) is 33.4 Å². The van der Waals surface area contributed by atoms with Crippen LogP contribution in [0.2, 0.25) is 0 Å². The van der Waals surface area contributed by atoms with Crippen molar-refractivity contribution in [2.24, 2.45) is 84.6 Å². The Kier molecular flexibility index (Phi) is 33.4. The molecule has 12 rings (SSSR count). The Hall–Kier alpha value is -12.7. The molecule has 12 aromatic heterocycles. The maximum absolute atomic E-state index is 12.4. The summed E-state index contributed by atoms with van der Waals surface area (Å²) in [7, 11) is 19.7. The minimum atomic E-state index is -0.952. The van der Waals surface area contributed by atoms with Crippen LogP contribution in [0.25, 0.3) is 67.0 Å². The van der Waals surface area contributed by atoms with Crippen LogP contribution in [0.1, 0.15) is 124 Å². The summed E-state index contributed by atoms with van der Waals surface area (Å²) in [5, 5.41) is 63.1. The van der Waals surface area contributed by atoms with E-state index in [0.717, 1.165) is 20.1 Å². The number of hydrogen-bond acceptors (Lipinski definition) is 26. The van der Waals surface area contributed by atoms with Crippen LogP contribution in [-0.2, 0) is 138 Å². The Morgan fingerprint density at radius 1 is 0.314 bits per heavy atom. The molecule has 0 aliphatic heterocycles. The van der Waals surface area contributed by atoms with Gasteiger partial charge >= 0.3 is 46.1 Å². The second-order valence-corrected chi connectivity index (χ2v) is 29.6. The second kappa shape index (κ2) is 42.3. The number of aliphatic carboxylic acids is 2. The fourth-order valence-electron chi connectivity index (χ4n) is 13.3. The molecule has 0 amide bonds. The van der Waals surface area contributed by atoms with Crippen molar-refractivity contribution in [1.29, 1.82) is 0 Å². The van der Waals surface area contributed by atoms with Gasteiger partial charge in [0.05, 0.1) is 69.0 Å². The van der Waals surface area contributed by atoms with E-state index in [4.69, 9.17) is 15.3 Å². The van der Waals surface area contributed by atoms with Gasteiger partial charge in [0.1, 0.15) is 5.78 Å². The van der Waals surface area contributed by atoms with Crippen LogP contribution in [-0.4, -0.2) is 197 Å². The van der Waals surface area contributed by atoms with E-state index in [-0.39, 0.29) is 97.6 Å². The zero-order valence-corrected chi connectivity index (χ0v) is 70.5. The summed E-state index contributed by atoms with van der Waals surface area (Å²) in [6.45, 7) is 5.93. The molecule has 0 aliphatic carbocycles. The molecule has 46 nitrogen and oxygen atoms in total. The molecule has 0 fully saturated rings. The Morgan fingerprint density at radius 2 is 0.537 bits per heavy atom. The Balaban J connectivity index is 0.000000200. The van der Waals surface area contributed by atoms with Crippen molar-refractivity contribution in [2.45, 2.75) is 187 Å². The number of aliphatic hydroxyl groups excluding tert-OH is 5. The maximum Gasteiger partial charge on any atom is 0.332 e. The molecule has 0 saturated heterocycles. The number of rotatable bonds is 30. The van der Waals surface area contributed by atoms with Gasteiger partial charge in [-0.2, -0.15) is 0 Å². The highest BCUT2D eigenvalue weighted by atomic mass is 16.4. The standard InChI is InChI=1S/2C13H20N4O4.C13H20N4O3.C13H18N4O3.C12H16N4O4.C11H14N4O4/c1-8(18)9(19)5-4-6-17-12(20)10-11(14-7-15(10)2)16(3)13(17)21;1-15-8-14-11-10(15)12(20)17(13(21)16(11)2)6-4-3-5-9(19)7-18;2*1-9(18)6-4-5-7-17-12(19)10-11(14-8-15(10)2)16(3)13(17)20;1-14-7-13-10-9(14)11(19)16(12(20)15(10)2)6-4-3-5-8(17)18;1-13-6-12-9-8(13)10(18)15(11(19)14(9)2)5-3-4-7(16)17/h7-9,18-19H,4-6H2,1-3H3;8-9,18-19H,3-7H2,1-2H3;8-9,18H,4-7H2,1-3H3;8H,4-7H2,1-3H3;7H,3-6H2,1-2H3,(H,17,18);6H,3-5H2,1-2H3,(H,16,17). The van der Waals surface area contributed by atoms with E-state index in [1.165, 1.54) is 100.0 Å². The van der Waals surface area contributed by atoms with Crippen molar-refractivity contribution in [3.8, 4) is 0 Å². The van der Waals surface area contributed by atoms with Crippen LogP contribution in [0.15, 0.2) is 95.5 Å². The molecule has 12 aromatic rings. The summed E-state index contributed by atoms with van der Waals surface area (Å²) in [5.74, 6) is -1.72. The first-order valence-corrected chi connectivity index (χ1v) is 39.0. The van der Waals surface area contributed by atoms with Crippen LogP contribution in [0.5, 0.6) is 0 Å². The number of aryl methyl sites for hydroxylation is 12. The van der Waals surface area contributed by atoms with Crippen molar-refractivity contribution >= 4 is 84.7 Å². The van der Waals surface area contributed by atoms with E-state index >= 15 is 0 Å². The molecule has 4 unspecified atom stereocenters. The van der Waals surface area contributed by atoms with Gasteiger partial charge in [-0.3, -0.25) is 93.2 Å². The zero-order valence-electron chi connectivity index (χ0n) is 70.5. The largest absolute Gasteiger partial charge is 0.481 e. The summed E-state index contributed by atoms with van der Waals surface area (Å²) < 4.78 is 24.6. The lowest BCUT2D eigenvalue weighted by Gasteiger charge is -2.13. The van der Waals surface area contributed by atoms with Gasteiger partial charge in [0, 0.05) is 143 Å². The first kappa shape index (κ1) is 95.5. The minimum absolute atomic E-state index is 0.0308. The second-order valence-electron chi connectivity index (χ2n) is 29.6. The Labute approximate surface area is 685 Å². The predicted molar refractivity (Wildman–Crippen MR) is 444 cm³/mol. The first-order valence-electron chi connectivity index (χ1n) is 39.0. The molecule has 7 N–H and O–H groups in total. The number of ketones is 1. The van der Waals surface area contributed by atoms with Gasteiger partial charge in [-0.15, -0.1) is 0 Å². The Morgan fingerprint density at radius 3 is 0.769 bits per heavy atom. The van der Waals surface area contributed by atoms with Crippen molar-refractivity contribution in [1.82, 2.24) is 112 Å². The third-order valence-electron chi connectivity index (χ3n) is 20.2. The molecule has 0 spiro atoms. The van der Waals surface area contributed by atoms with Crippen LogP contribution in [0.4, 0.5) is 0 Å². The van der Waals surface area contributed by atoms with E-state index in [2.05, 4.69) is 29.9 Å². The summed E-state index contributed by atoms with van der Waals surface area (Å²) >= 11 is 0. The molecule has 0 aliphatic rings. The first-order chi connectivity index (χ1) is 57.0. The number of imidazole rings is 6. The average molecular weight is 1700 g/mol. The topological polar surface area (TPSA) is 564 Å². The lowest BCUT2D eigenvalue weighted by atomic mass is 10.1. The number of carbonyl (C=O) groups is 3. The van der Waals surface area contributed by atoms with Crippen LogP contribution < -0.4 is 67.5 Å². The molecular weight excluding hydrogens is 1590 g/mol. The average Bonchev–Trinajstić information content (AvgIpc) is 1.70. The molecule has 660 valence electrons. The van der Waals surface area contributed by atoms with E-state index in [9.17, 15) is 92.3 Å². The molecular formula is C75H108N24O22. The molecule has 4 atom stereocenters. The monoisotopic (exact) mass is 1700 g/mol. The Bertz CT molecular complexity index is 6390. The summed E-state index contributed by atoms with van der Waals surface area (Å²) in [6, 6.07) is 0. The molecule has 0 aromatic carbocycles. The molecule has 12 heterocycles. The number of nitrogens with zero attached hydrogens (tertiary/aromatic N) is 24. The van der Waals surface area contributed by atoms with Gasteiger partial charge in [0.2, 0.25) is 0 Å². The fraction of sp³-hybridized carbons (Fsp3) is 0.560. The van der Waals surface area contributed by atoms with Gasteiger partial charge < -0.3 is 67.9 Å². The maximum atomic E-state index is 12.4. The highest BCUT2D eigenvalue weighted by Crippen LogP contribution is 2.12. The van der Waals surface area contributed by atoms with Crippen molar-refractivity contribution in [2.75, 3.05) is 6.61 Å². The number of aliphatic hydroxyl groups is 5. The van der Waals surface area contributed by atoms with Gasteiger partial charge in [-0.05, 0) is 104 Å². The van der Waals surface area contributed by atoms with Crippen molar-refractivity contribution in [3.63, 3.8) is 0 Å². The summed E-state index contributed by atoms with van der Waals surface area (Å²) in [5.41, 5.74) is -0.158. The van der Waals surface area contributed by atoms with Crippen molar-refractivity contribution in [3.05, 3.63) is 163 Å². The third kappa shape index (κ3) is 22.2. The molecule has 121 heavy (non-hydrogen) atoms. The van der Waals surface area contributed by atoms with E-state index in [1.807, 2.05) is 0 Å². The molecule has 0 saturated carbocycles. The highest BCUT2D eigenvalue weighted by Gasteiger charge is 2.22. The summed E-state index contributed by atoms with van der Waals surface area (Å²) in [6.07, 6.45) is 13.6. The third-order valence-corrected chi connectivity index (χ3v) is 20.2. The SMILES string of the molecule is CC(=O)CCCCn1c(=O)c2c(ncn2C)n(C)c1=O.CC(O)C(O)CCCn1c(=O)c2c(ncn2C)n(C)c1=O.CC(O)CCCCn1c(=O)c2c(ncn2C)n(C)c1=O.Cn1cnc2c1c(=O)n(CCCC(=O)O)c(=O)n2C.Cn1cnc2c1c(=O)n(CCCCC(=O)O)c(=O)n2C.Cn1cnc2c1c(=O)n(CCCCC(O)CO)c(=O)n2C. The number of carboxylic acids is 2. The highest BCUT2D eigenvalue weighted by molar-refractivity contribution is 5.76. The predicted octanol–water partition coefficient (Wildman–Crippen LogP) is -2.92. The number of hydrogen-bond donors (Lipinski definition) is 7. The quantitative estimate of drug-likeness (QED) is 0.0222. The number of Topliss-reactive ketones (excluding diaryl/α,β-unsaturated/α-hetero) is 1. The number of unbranched alkanes of at least 4 members (excludes halogenated alkanes) is 4. The molecule has 46 heteroatoms. The zero-order chi connectivity index (χ0) is 90.0. The number of carbonyl (C=O) groups excluding carboxylic acids is 1. The smallest absolute Gasteiger partial charge is 0.332 e. The van der Waals surface area contributed by atoms with E-state index < -0.39 is 64.1 Å². The minimum Gasteiger partial charge on any atom is -0.481 e. The molecule has 0 bridgehead atoms. The van der Waals surface area contributed by atoms with Crippen LogP contribution in [0.3, 0.4) is 0 Å². The van der Waals surface area contributed by atoms with Crippen molar-refractivity contribution < 1.29 is 50.1 Å². The fourth-order valence-corrected chi connectivity index (χ4v) is 13.3. The van der Waals surface area contributed by atoms with Gasteiger partial charge in [-0.25, -0.2) is 58.7 Å².